The van der Waals surface area contributed by atoms with Crippen molar-refractivity contribution in [3.05, 3.63) is 59.7 Å². The lowest BCUT2D eigenvalue weighted by Crippen LogP contribution is -2.42. The molecule has 190 valence electrons. The Bertz CT molecular complexity index is 1060. The number of nitrogens with one attached hydrogen (secondary N) is 1. The predicted octanol–water partition coefficient (Wildman–Crippen LogP) is 3.79. The van der Waals surface area contributed by atoms with Crippen molar-refractivity contribution in [1.29, 1.82) is 0 Å². The van der Waals surface area contributed by atoms with E-state index in [-0.39, 0.29) is 16.7 Å². The van der Waals surface area contributed by atoms with Crippen LogP contribution >= 0.6 is 0 Å². The molecule has 2 fully saturated rings. The first-order chi connectivity index (χ1) is 17.0. The van der Waals surface area contributed by atoms with Crippen molar-refractivity contribution in [3.8, 4) is 5.75 Å². The number of hydrogen-bond donors (Lipinski definition) is 1. The molecule has 2 aliphatic heterocycles. The maximum absolute atomic E-state index is 13.0. The van der Waals surface area contributed by atoms with Gasteiger partial charge in [0.15, 0.2) is 0 Å². The molecule has 0 atom stereocenters. The van der Waals surface area contributed by atoms with Gasteiger partial charge in [0.25, 0.3) is 0 Å². The molecule has 1 N–H and O–H groups in total. The van der Waals surface area contributed by atoms with E-state index in [0.29, 0.717) is 44.8 Å². The van der Waals surface area contributed by atoms with Crippen molar-refractivity contribution in [2.45, 2.75) is 57.0 Å². The van der Waals surface area contributed by atoms with Crippen LogP contribution in [0.3, 0.4) is 0 Å². The molecule has 1 amide bonds. The molecular weight excluding hydrogens is 462 g/mol. The molecule has 8 heteroatoms. The highest BCUT2D eigenvalue weighted by molar-refractivity contribution is 7.89. The van der Waals surface area contributed by atoms with E-state index in [9.17, 15) is 13.2 Å². The number of benzene rings is 2. The van der Waals surface area contributed by atoms with Crippen molar-refractivity contribution in [1.82, 2.24) is 14.5 Å². The van der Waals surface area contributed by atoms with Crippen LogP contribution in [0.1, 0.15) is 50.2 Å². The van der Waals surface area contributed by atoms with Crippen molar-refractivity contribution >= 4 is 15.9 Å². The number of likely N-dealkylation sites (tertiary alicyclic amines) is 1. The molecule has 0 spiro atoms. The number of piperidine rings is 2. The summed E-state index contributed by atoms with van der Waals surface area (Å²) in [6.07, 6.45) is 4.97. The van der Waals surface area contributed by atoms with Crippen molar-refractivity contribution in [3.63, 3.8) is 0 Å². The van der Waals surface area contributed by atoms with Gasteiger partial charge in [0.2, 0.25) is 15.9 Å². The number of ether oxygens (including phenoxy) is 1. The molecule has 0 unspecified atom stereocenters. The second-order valence-corrected chi connectivity index (χ2v) is 11.4. The van der Waals surface area contributed by atoms with Gasteiger partial charge in [-0.1, -0.05) is 30.7 Å². The van der Waals surface area contributed by atoms with Crippen LogP contribution in [-0.4, -0.2) is 56.3 Å². The Morgan fingerprint density at radius 2 is 1.54 bits per heavy atom. The Kier molecular flexibility index (Phi) is 8.81. The largest absolute Gasteiger partial charge is 0.494 e. The van der Waals surface area contributed by atoms with Crippen LogP contribution in [0.4, 0.5) is 0 Å². The summed E-state index contributed by atoms with van der Waals surface area (Å²) >= 11 is 0. The van der Waals surface area contributed by atoms with Gasteiger partial charge in [-0.2, -0.15) is 4.31 Å². The summed E-state index contributed by atoms with van der Waals surface area (Å²) < 4.78 is 32.8. The highest BCUT2D eigenvalue weighted by Gasteiger charge is 2.32. The van der Waals surface area contributed by atoms with Gasteiger partial charge in [-0.05, 0) is 81.1 Å². The van der Waals surface area contributed by atoms with Crippen molar-refractivity contribution in [2.75, 3.05) is 32.8 Å². The van der Waals surface area contributed by atoms with Crippen LogP contribution in [0.2, 0.25) is 0 Å². The lowest BCUT2D eigenvalue weighted by atomic mass is 9.97. The minimum absolute atomic E-state index is 0.000471. The highest BCUT2D eigenvalue weighted by Crippen LogP contribution is 2.25. The van der Waals surface area contributed by atoms with Gasteiger partial charge in [0.1, 0.15) is 5.75 Å². The van der Waals surface area contributed by atoms with Gasteiger partial charge in [-0.3, -0.25) is 9.69 Å². The summed E-state index contributed by atoms with van der Waals surface area (Å²) in [5, 5.41) is 3.04. The summed E-state index contributed by atoms with van der Waals surface area (Å²) in [6.45, 7) is 6.95. The first-order valence-electron chi connectivity index (χ1n) is 12.8. The zero-order chi connectivity index (χ0) is 24.7. The summed E-state index contributed by atoms with van der Waals surface area (Å²) in [4.78, 5) is 15.5. The second kappa shape index (κ2) is 12.0. The van der Waals surface area contributed by atoms with Gasteiger partial charge < -0.3 is 10.1 Å². The summed E-state index contributed by atoms with van der Waals surface area (Å²) in [6, 6.07) is 15.0. The molecule has 2 aliphatic rings. The predicted molar refractivity (Wildman–Crippen MR) is 137 cm³/mol. The smallest absolute Gasteiger partial charge is 0.243 e. The van der Waals surface area contributed by atoms with Gasteiger partial charge in [0, 0.05) is 32.1 Å². The fourth-order valence-corrected chi connectivity index (χ4v) is 6.32. The molecule has 35 heavy (non-hydrogen) atoms. The number of rotatable bonds is 9. The molecule has 2 saturated heterocycles. The fourth-order valence-electron chi connectivity index (χ4n) is 4.85. The molecule has 2 heterocycles. The molecule has 2 aromatic rings. The minimum atomic E-state index is -3.57. The van der Waals surface area contributed by atoms with Crippen LogP contribution in [0.25, 0.3) is 0 Å². The van der Waals surface area contributed by atoms with Crippen LogP contribution in [0, 0.1) is 5.92 Å². The fraction of sp³-hybridized carbons (Fsp3) is 0.519. The molecular formula is C27H37N3O4S. The zero-order valence-electron chi connectivity index (χ0n) is 20.6. The maximum atomic E-state index is 13.0. The van der Waals surface area contributed by atoms with E-state index in [0.717, 1.165) is 12.1 Å². The first-order valence-corrected chi connectivity index (χ1v) is 14.2. The lowest BCUT2D eigenvalue weighted by molar-refractivity contribution is -0.126. The highest BCUT2D eigenvalue weighted by atomic mass is 32.2. The summed E-state index contributed by atoms with van der Waals surface area (Å²) in [5.41, 5.74) is 2.39. The molecule has 0 saturated carbocycles. The molecule has 2 aromatic carbocycles. The van der Waals surface area contributed by atoms with Crippen LogP contribution in [0.15, 0.2) is 53.4 Å². The first kappa shape index (κ1) is 25.7. The Labute approximate surface area is 209 Å². The zero-order valence-corrected chi connectivity index (χ0v) is 21.4. The Morgan fingerprint density at radius 3 is 2.17 bits per heavy atom. The Morgan fingerprint density at radius 1 is 0.914 bits per heavy atom. The van der Waals surface area contributed by atoms with Gasteiger partial charge in [-0.15, -0.1) is 0 Å². The van der Waals surface area contributed by atoms with Crippen molar-refractivity contribution in [2.24, 2.45) is 5.92 Å². The van der Waals surface area contributed by atoms with Gasteiger partial charge in [0.05, 0.1) is 11.5 Å². The average Bonchev–Trinajstić information content (AvgIpc) is 2.89. The standard InChI is InChI=1S/C27H37N3O4S/c1-2-34-25-10-12-26(13-11-25)35(32,33)30-18-14-24(15-19-30)27(31)28-20-22-6-8-23(9-7-22)21-29-16-4-3-5-17-29/h6-13,24H,2-5,14-21H2,1H3,(H,28,31). The summed E-state index contributed by atoms with van der Waals surface area (Å²) in [7, 11) is -3.57. The number of carbonyl (C=O) groups excluding carboxylic acids is 1. The third-order valence-electron chi connectivity index (χ3n) is 6.94. The number of hydrogen-bond acceptors (Lipinski definition) is 5. The lowest BCUT2D eigenvalue weighted by Gasteiger charge is -2.30. The van der Waals surface area contributed by atoms with Crippen molar-refractivity contribution < 1.29 is 17.9 Å². The Balaban J connectivity index is 1.23. The van der Waals surface area contributed by atoms with E-state index >= 15 is 0 Å². The van der Waals surface area contributed by atoms with E-state index in [1.807, 2.05) is 6.92 Å². The monoisotopic (exact) mass is 499 g/mol. The van der Waals surface area contributed by atoms with E-state index in [2.05, 4.69) is 34.5 Å². The van der Waals surface area contributed by atoms with E-state index in [1.54, 1.807) is 24.3 Å². The molecule has 0 aromatic heterocycles. The van der Waals surface area contributed by atoms with Crippen LogP contribution in [0.5, 0.6) is 5.75 Å². The minimum Gasteiger partial charge on any atom is -0.494 e. The number of carbonyl (C=O) groups is 1. The van der Waals surface area contributed by atoms with Crippen LogP contribution < -0.4 is 10.1 Å². The quantitative estimate of drug-likeness (QED) is 0.568. The molecule has 0 bridgehead atoms. The molecule has 0 radical (unpaired) electrons. The third kappa shape index (κ3) is 6.84. The third-order valence-corrected chi connectivity index (χ3v) is 8.85. The topological polar surface area (TPSA) is 79.0 Å². The molecule has 4 rings (SSSR count). The summed E-state index contributed by atoms with van der Waals surface area (Å²) in [5.74, 6) is 0.485. The maximum Gasteiger partial charge on any atom is 0.243 e. The van der Waals surface area contributed by atoms with Crippen LogP contribution in [-0.2, 0) is 27.9 Å². The number of sulfonamides is 1. The number of nitrogens with zero attached hydrogens (tertiary/aromatic N) is 2. The van der Waals surface area contributed by atoms with E-state index in [1.165, 1.54) is 42.2 Å². The van der Waals surface area contributed by atoms with E-state index in [4.69, 9.17) is 4.74 Å². The van der Waals surface area contributed by atoms with Gasteiger partial charge in [-0.25, -0.2) is 8.42 Å². The SMILES string of the molecule is CCOc1ccc(S(=O)(=O)N2CCC(C(=O)NCc3ccc(CN4CCCCC4)cc3)CC2)cc1. The molecule has 7 nitrogen and oxygen atoms in total. The second-order valence-electron chi connectivity index (χ2n) is 9.45. The normalized spacial score (nSPS) is 18.3. The van der Waals surface area contributed by atoms with E-state index < -0.39 is 10.0 Å². The molecule has 0 aliphatic carbocycles. The van der Waals surface area contributed by atoms with Gasteiger partial charge >= 0.3 is 0 Å². The Hall–Kier alpha value is -2.42. The number of amides is 1. The average molecular weight is 500 g/mol.